The number of nitro groups is 1. The molecule has 0 bridgehead atoms. The molecule has 8 heteroatoms. The standard InChI is InChI=1S/C21H18NO5PS/c23-22(24)18-11-13-19(14-12-18)26-28(25)27-20(16-7-3-1-4-8-16)15-21(29-28)17-9-5-2-6-10-17/h1-14,20-21H,15H2/t20-,21-,28?/m1/s1. The fraction of sp³-hybridized carbons (Fsp3) is 0.143. The van der Waals surface area contributed by atoms with Gasteiger partial charge in [0.1, 0.15) is 5.75 Å². The Labute approximate surface area is 172 Å². The third-order valence-corrected chi connectivity index (χ3v) is 8.49. The van der Waals surface area contributed by atoms with Crippen molar-refractivity contribution in [3.05, 3.63) is 106 Å². The topological polar surface area (TPSA) is 78.7 Å². The van der Waals surface area contributed by atoms with E-state index in [-0.39, 0.29) is 22.8 Å². The second-order valence-corrected chi connectivity index (χ2v) is 10.6. The van der Waals surface area contributed by atoms with Crippen molar-refractivity contribution in [3.8, 4) is 5.75 Å². The Balaban J connectivity index is 1.63. The first-order chi connectivity index (χ1) is 14.0. The maximum absolute atomic E-state index is 13.6. The van der Waals surface area contributed by atoms with Crippen molar-refractivity contribution in [2.24, 2.45) is 0 Å². The molecule has 1 heterocycles. The van der Waals surface area contributed by atoms with Gasteiger partial charge in [-0.25, -0.2) is 4.57 Å². The number of benzene rings is 3. The molecule has 1 aliphatic rings. The van der Waals surface area contributed by atoms with Gasteiger partial charge in [0.15, 0.2) is 0 Å². The van der Waals surface area contributed by atoms with E-state index in [9.17, 15) is 14.7 Å². The van der Waals surface area contributed by atoms with Crippen molar-refractivity contribution in [3.63, 3.8) is 0 Å². The molecule has 0 saturated carbocycles. The molecule has 0 spiro atoms. The van der Waals surface area contributed by atoms with Gasteiger partial charge >= 0.3 is 6.80 Å². The SMILES string of the molecule is O=[N+]([O-])c1ccc(OP2(=O)O[C@@H](c3ccccc3)C[C@H](c3ccccc3)S2)cc1. The lowest BCUT2D eigenvalue weighted by molar-refractivity contribution is -0.384. The van der Waals surface area contributed by atoms with E-state index in [0.29, 0.717) is 6.42 Å². The Morgan fingerprint density at radius 2 is 1.52 bits per heavy atom. The van der Waals surface area contributed by atoms with Crippen molar-refractivity contribution in [1.29, 1.82) is 0 Å². The van der Waals surface area contributed by atoms with Crippen LogP contribution in [0.15, 0.2) is 84.9 Å². The largest absolute Gasteiger partial charge is 0.441 e. The highest BCUT2D eigenvalue weighted by molar-refractivity contribution is 8.55. The predicted molar refractivity (Wildman–Crippen MR) is 113 cm³/mol. The predicted octanol–water partition coefficient (Wildman–Crippen LogP) is 6.72. The molecule has 0 aromatic heterocycles. The van der Waals surface area contributed by atoms with E-state index < -0.39 is 11.7 Å². The van der Waals surface area contributed by atoms with Crippen LogP contribution in [0.5, 0.6) is 5.75 Å². The minimum absolute atomic E-state index is 0.0582. The number of nitro benzene ring substituents is 1. The van der Waals surface area contributed by atoms with Gasteiger partial charge in [0.05, 0.1) is 11.0 Å². The van der Waals surface area contributed by atoms with Crippen molar-refractivity contribution in [2.45, 2.75) is 17.8 Å². The van der Waals surface area contributed by atoms with Gasteiger partial charge in [0.25, 0.3) is 5.69 Å². The van der Waals surface area contributed by atoms with Crippen molar-refractivity contribution < 1.29 is 18.5 Å². The molecule has 3 aromatic carbocycles. The molecular weight excluding hydrogens is 409 g/mol. The molecule has 1 aliphatic heterocycles. The molecule has 148 valence electrons. The average molecular weight is 427 g/mol. The van der Waals surface area contributed by atoms with Crippen LogP contribution >= 0.6 is 18.2 Å². The molecule has 1 unspecified atom stereocenters. The molecular formula is C21H18NO5PS. The summed E-state index contributed by atoms with van der Waals surface area (Å²) in [5.74, 6) is 0.270. The Hall–Kier alpha value is -2.60. The van der Waals surface area contributed by atoms with Gasteiger partial charge in [-0.2, -0.15) is 0 Å². The molecule has 0 aliphatic carbocycles. The number of nitrogens with zero attached hydrogens (tertiary/aromatic N) is 1. The van der Waals surface area contributed by atoms with E-state index in [1.54, 1.807) is 0 Å². The third-order valence-electron chi connectivity index (χ3n) is 4.55. The van der Waals surface area contributed by atoms with Gasteiger partial charge in [-0.3, -0.25) is 14.6 Å². The second-order valence-electron chi connectivity index (χ2n) is 6.53. The van der Waals surface area contributed by atoms with E-state index in [0.717, 1.165) is 11.1 Å². The molecule has 3 aromatic rings. The Morgan fingerprint density at radius 3 is 2.10 bits per heavy atom. The van der Waals surface area contributed by atoms with E-state index >= 15 is 0 Å². The summed E-state index contributed by atoms with van der Waals surface area (Å²) in [6, 6.07) is 25.0. The van der Waals surface area contributed by atoms with Crippen LogP contribution in [0.4, 0.5) is 5.69 Å². The number of rotatable bonds is 5. The molecule has 4 rings (SSSR count). The normalized spacial score (nSPS) is 24.0. The van der Waals surface area contributed by atoms with Gasteiger partial charge in [-0.1, -0.05) is 60.7 Å². The lowest BCUT2D eigenvalue weighted by Crippen LogP contribution is -2.14. The van der Waals surface area contributed by atoms with Crippen LogP contribution < -0.4 is 4.52 Å². The zero-order chi connectivity index (χ0) is 20.3. The first-order valence-corrected chi connectivity index (χ1v) is 12.1. The highest BCUT2D eigenvalue weighted by atomic mass is 32.7. The van der Waals surface area contributed by atoms with Crippen LogP contribution in [0.1, 0.15) is 28.9 Å². The van der Waals surface area contributed by atoms with Crippen molar-refractivity contribution >= 4 is 23.9 Å². The Kier molecular flexibility index (Phi) is 5.72. The monoisotopic (exact) mass is 427 g/mol. The summed E-state index contributed by atoms with van der Waals surface area (Å²) in [7, 11) is 0. The van der Waals surface area contributed by atoms with E-state index in [1.165, 1.54) is 35.6 Å². The van der Waals surface area contributed by atoms with E-state index in [1.807, 2.05) is 60.7 Å². The van der Waals surface area contributed by atoms with Crippen LogP contribution in [0.25, 0.3) is 0 Å². The molecule has 0 N–H and O–H groups in total. The van der Waals surface area contributed by atoms with Crippen molar-refractivity contribution in [2.75, 3.05) is 0 Å². The maximum Gasteiger partial charge on any atom is 0.441 e. The highest BCUT2D eigenvalue weighted by Gasteiger charge is 2.42. The zero-order valence-electron chi connectivity index (χ0n) is 15.3. The molecule has 1 saturated heterocycles. The van der Waals surface area contributed by atoms with Gasteiger partial charge in [0, 0.05) is 17.4 Å². The Bertz CT molecular complexity index is 978. The quantitative estimate of drug-likeness (QED) is 0.256. The number of hydrogen-bond donors (Lipinski definition) is 0. The number of hydrogen-bond acceptors (Lipinski definition) is 6. The summed E-state index contributed by atoms with van der Waals surface area (Å²) < 4.78 is 25.3. The maximum atomic E-state index is 13.6. The third kappa shape index (κ3) is 4.70. The highest BCUT2D eigenvalue weighted by Crippen LogP contribution is 2.72. The van der Waals surface area contributed by atoms with E-state index in [2.05, 4.69) is 0 Å². The minimum Gasteiger partial charge on any atom is -0.417 e. The summed E-state index contributed by atoms with van der Waals surface area (Å²) >= 11 is 1.17. The van der Waals surface area contributed by atoms with Gasteiger partial charge in [0.2, 0.25) is 0 Å². The summed E-state index contributed by atoms with van der Waals surface area (Å²) in [5, 5.41) is 10.8. The van der Waals surface area contributed by atoms with Crippen molar-refractivity contribution in [1.82, 2.24) is 0 Å². The first-order valence-electron chi connectivity index (χ1n) is 9.03. The smallest absolute Gasteiger partial charge is 0.417 e. The zero-order valence-corrected chi connectivity index (χ0v) is 17.0. The summed E-state index contributed by atoms with van der Waals surface area (Å²) in [6.07, 6.45) is 0.276. The summed E-state index contributed by atoms with van der Waals surface area (Å²) in [6.45, 7) is -3.57. The van der Waals surface area contributed by atoms with Crippen LogP contribution in [0, 0.1) is 10.1 Å². The molecule has 1 fully saturated rings. The van der Waals surface area contributed by atoms with Crippen LogP contribution in [0.3, 0.4) is 0 Å². The molecule has 6 nitrogen and oxygen atoms in total. The molecule has 29 heavy (non-hydrogen) atoms. The van der Waals surface area contributed by atoms with E-state index in [4.69, 9.17) is 9.05 Å². The van der Waals surface area contributed by atoms with Crippen LogP contribution in [-0.4, -0.2) is 4.92 Å². The fourth-order valence-electron chi connectivity index (χ4n) is 3.15. The Morgan fingerprint density at radius 1 is 0.931 bits per heavy atom. The molecule has 0 radical (unpaired) electrons. The summed E-state index contributed by atoms with van der Waals surface area (Å²) in [4.78, 5) is 10.4. The minimum atomic E-state index is -3.57. The van der Waals surface area contributed by atoms with Crippen LogP contribution in [-0.2, 0) is 9.09 Å². The molecule has 3 atom stereocenters. The van der Waals surface area contributed by atoms with Gasteiger partial charge < -0.3 is 4.52 Å². The molecule has 0 amide bonds. The lowest BCUT2D eigenvalue weighted by Gasteiger charge is -2.34. The van der Waals surface area contributed by atoms with Crippen LogP contribution in [0.2, 0.25) is 0 Å². The van der Waals surface area contributed by atoms with Gasteiger partial charge in [-0.15, -0.1) is 0 Å². The number of non-ortho nitro benzene ring substituents is 1. The van der Waals surface area contributed by atoms with Gasteiger partial charge in [-0.05, 0) is 41.1 Å². The summed E-state index contributed by atoms with van der Waals surface area (Å²) in [5.41, 5.74) is 1.92. The average Bonchev–Trinajstić information content (AvgIpc) is 2.75. The second kappa shape index (κ2) is 8.41. The fourth-order valence-corrected chi connectivity index (χ4v) is 7.44. The first kappa shape index (κ1) is 19.7. The lowest BCUT2D eigenvalue weighted by atomic mass is 10.0.